The van der Waals surface area contributed by atoms with Crippen molar-refractivity contribution in [2.45, 2.75) is 33.7 Å². The maximum absolute atomic E-state index is 9.85. The molecular formula is C19H26N4O. The molecule has 5 nitrogen and oxygen atoms in total. The van der Waals surface area contributed by atoms with E-state index in [1.165, 1.54) is 0 Å². The first-order chi connectivity index (χ1) is 11.6. The van der Waals surface area contributed by atoms with Gasteiger partial charge in [-0.2, -0.15) is 0 Å². The van der Waals surface area contributed by atoms with Crippen LogP contribution < -0.4 is 10.6 Å². The van der Waals surface area contributed by atoms with Crippen molar-refractivity contribution in [2.24, 2.45) is 4.99 Å². The summed E-state index contributed by atoms with van der Waals surface area (Å²) in [5.41, 5.74) is 3.91. The number of benzene rings is 1. The Hall–Kier alpha value is -2.56. The molecule has 1 aromatic heterocycles. The van der Waals surface area contributed by atoms with Crippen LogP contribution in [0.3, 0.4) is 0 Å². The van der Waals surface area contributed by atoms with Crippen LogP contribution in [0, 0.1) is 13.8 Å². The second kappa shape index (κ2) is 8.91. The van der Waals surface area contributed by atoms with Gasteiger partial charge in [-0.15, -0.1) is 0 Å². The molecule has 1 aromatic carbocycles. The van der Waals surface area contributed by atoms with Crippen molar-refractivity contribution in [2.75, 3.05) is 13.1 Å². The Kier molecular flexibility index (Phi) is 6.61. The van der Waals surface area contributed by atoms with Gasteiger partial charge in [0.1, 0.15) is 5.75 Å². The molecule has 5 heteroatoms. The Morgan fingerprint density at radius 2 is 1.92 bits per heavy atom. The summed E-state index contributed by atoms with van der Waals surface area (Å²) in [6.07, 6.45) is 2.66. The Morgan fingerprint density at radius 3 is 2.54 bits per heavy atom. The highest BCUT2D eigenvalue weighted by molar-refractivity contribution is 5.79. The summed E-state index contributed by atoms with van der Waals surface area (Å²) in [6.45, 7) is 8.02. The molecule has 0 aliphatic rings. The van der Waals surface area contributed by atoms with E-state index in [0.29, 0.717) is 12.3 Å². The minimum Gasteiger partial charge on any atom is -0.507 e. The highest BCUT2D eigenvalue weighted by Gasteiger charge is 2.04. The van der Waals surface area contributed by atoms with Crippen LogP contribution in [0.5, 0.6) is 5.75 Å². The van der Waals surface area contributed by atoms with Gasteiger partial charge in [0.2, 0.25) is 0 Å². The zero-order valence-corrected chi connectivity index (χ0v) is 14.6. The molecule has 0 aliphatic heterocycles. The topological polar surface area (TPSA) is 69.5 Å². The van der Waals surface area contributed by atoms with Gasteiger partial charge < -0.3 is 15.7 Å². The molecule has 0 spiro atoms. The maximum atomic E-state index is 9.85. The lowest BCUT2D eigenvalue weighted by molar-refractivity contribution is 0.466. The van der Waals surface area contributed by atoms with Crippen molar-refractivity contribution in [1.82, 2.24) is 15.6 Å². The summed E-state index contributed by atoms with van der Waals surface area (Å²) in [7, 11) is 0. The fourth-order valence-corrected chi connectivity index (χ4v) is 2.50. The molecule has 3 N–H and O–H groups in total. The number of nitrogens with zero attached hydrogens (tertiary/aromatic N) is 2. The quantitative estimate of drug-likeness (QED) is 0.564. The van der Waals surface area contributed by atoms with Gasteiger partial charge in [-0.25, -0.2) is 4.99 Å². The third kappa shape index (κ3) is 5.26. The summed E-state index contributed by atoms with van der Waals surface area (Å²) in [5.74, 6) is 1.15. The molecule has 0 radical (unpaired) electrons. The Morgan fingerprint density at radius 1 is 1.17 bits per heavy atom. The van der Waals surface area contributed by atoms with Crippen molar-refractivity contribution in [1.29, 1.82) is 0 Å². The van der Waals surface area contributed by atoms with Crippen LogP contribution in [0.1, 0.15) is 29.3 Å². The van der Waals surface area contributed by atoms with Crippen LogP contribution >= 0.6 is 0 Å². The first-order valence-corrected chi connectivity index (χ1v) is 8.31. The van der Waals surface area contributed by atoms with Crippen molar-refractivity contribution in [3.63, 3.8) is 0 Å². The average molecular weight is 326 g/mol. The predicted molar refractivity (Wildman–Crippen MR) is 98.3 cm³/mol. The molecular weight excluding hydrogens is 300 g/mol. The number of hydrogen-bond donors (Lipinski definition) is 3. The summed E-state index contributed by atoms with van der Waals surface area (Å²) < 4.78 is 0. The molecule has 0 unspecified atom stereocenters. The number of phenolic OH excluding ortho intramolecular Hbond substituents is 1. The van der Waals surface area contributed by atoms with E-state index in [4.69, 9.17) is 0 Å². The number of nitrogens with one attached hydrogen (secondary N) is 2. The number of guanidine groups is 1. The molecule has 0 fully saturated rings. The Balaban J connectivity index is 1.95. The van der Waals surface area contributed by atoms with E-state index in [-0.39, 0.29) is 0 Å². The summed E-state index contributed by atoms with van der Waals surface area (Å²) in [4.78, 5) is 8.94. The van der Waals surface area contributed by atoms with Crippen molar-refractivity contribution < 1.29 is 5.11 Å². The molecule has 0 saturated heterocycles. The number of aliphatic imine (C=N–C) groups is 1. The van der Waals surface area contributed by atoms with Crippen LogP contribution in [0.15, 0.2) is 41.5 Å². The fraction of sp³-hybridized carbons (Fsp3) is 0.368. The lowest BCUT2D eigenvalue weighted by atomic mass is 10.1. The minimum atomic E-state index is 0.364. The SMILES string of the molecule is CCNC(=NCc1cc(C)c(O)c(C)c1)NCCc1ccccn1. The highest BCUT2D eigenvalue weighted by atomic mass is 16.3. The van der Waals surface area contributed by atoms with Crippen LogP contribution in [0.25, 0.3) is 0 Å². The van der Waals surface area contributed by atoms with Gasteiger partial charge in [-0.3, -0.25) is 4.98 Å². The number of phenols is 1. The average Bonchev–Trinajstić information content (AvgIpc) is 2.58. The number of aromatic hydroxyl groups is 1. The molecule has 0 aliphatic carbocycles. The van der Waals surface area contributed by atoms with E-state index in [2.05, 4.69) is 20.6 Å². The van der Waals surface area contributed by atoms with Crippen molar-refractivity contribution in [3.05, 3.63) is 58.9 Å². The van der Waals surface area contributed by atoms with Gasteiger partial charge in [0.05, 0.1) is 6.54 Å². The molecule has 1 heterocycles. The zero-order valence-electron chi connectivity index (χ0n) is 14.6. The minimum absolute atomic E-state index is 0.364. The summed E-state index contributed by atoms with van der Waals surface area (Å²) in [5, 5.41) is 16.4. The molecule has 2 aromatic rings. The van der Waals surface area contributed by atoms with Gasteiger partial charge in [-0.05, 0) is 49.6 Å². The normalized spacial score (nSPS) is 11.4. The summed E-state index contributed by atoms with van der Waals surface area (Å²) >= 11 is 0. The second-order valence-electron chi connectivity index (χ2n) is 5.77. The van der Waals surface area contributed by atoms with Crippen LogP contribution in [0.2, 0.25) is 0 Å². The van der Waals surface area contributed by atoms with Crippen molar-refractivity contribution in [3.8, 4) is 5.75 Å². The summed E-state index contributed by atoms with van der Waals surface area (Å²) in [6, 6.07) is 9.89. The second-order valence-corrected chi connectivity index (χ2v) is 5.77. The Bertz CT molecular complexity index is 660. The molecule has 24 heavy (non-hydrogen) atoms. The van der Waals surface area contributed by atoms with Crippen LogP contribution in [-0.2, 0) is 13.0 Å². The van der Waals surface area contributed by atoms with Crippen LogP contribution in [0.4, 0.5) is 0 Å². The molecule has 2 rings (SSSR count). The van der Waals surface area contributed by atoms with E-state index in [9.17, 15) is 5.11 Å². The monoisotopic (exact) mass is 326 g/mol. The predicted octanol–water partition coefficient (Wildman–Crippen LogP) is 2.70. The van der Waals surface area contributed by atoms with E-state index < -0.39 is 0 Å². The smallest absolute Gasteiger partial charge is 0.191 e. The van der Waals surface area contributed by atoms with Crippen LogP contribution in [-0.4, -0.2) is 29.1 Å². The van der Waals surface area contributed by atoms with Crippen molar-refractivity contribution >= 4 is 5.96 Å². The first-order valence-electron chi connectivity index (χ1n) is 8.31. The fourth-order valence-electron chi connectivity index (χ4n) is 2.50. The molecule has 0 amide bonds. The van der Waals surface area contributed by atoms with E-state index in [1.807, 2.05) is 57.3 Å². The van der Waals surface area contributed by atoms with Gasteiger partial charge in [0, 0.05) is 31.4 Å². The van der Waals surface area contributed by atoms with Gasteiger partial charge >= 0.3 is 0 Å². The van der Waals surface area contributed by atoms with Gasteiger partial charge in [-0.1, -0.05) is 18.2 Å². The van der Waals surface area contributed by atoms with E-state index in [1.54, 1.807) is 0 Å². The van der Waals surface area contributed by atoms with Gasteiger partial charge in [0.25, 0.3) is 0 Å². The first kappa shape index (κ1) is 17.8. The third-order valence-corrected chi connectivity index (χ3v) is 3.71. The molecule has 0 atom stereocenters. The largest absolute Gasteiger partial charge is 0.507 e. The Labute approximate surface area is 143 Å². The molecule has 0 bridgehead atoms. The number of aryl methyl sites for hydroxylation is 2. The number of rotatable bonds is 6. The van der Waals surface area contributed by atoms with E-state index >= 15 is 0 Å². The maximum Gasteiger partial charge on any atom is 0.191 e. The molecule has 128 valence electrons. The molecule has 0 saturated carbocycles. The van der Waals surface area contributed by atoms with Gasteiger partial charge in [0.15, 0.2) is 5.96 Å². The lowest BCUT2D eigenvalue weighted by Gasteiger charge is -2.12. The number of aromatic nitrogens is 1. The highest BCUT2D eigenvalue weighted by Crippen LogP contribution is 2.23. The lowest BCUT2D eigenvalue weighted by Crippen LogP contribution is -2.38. The third-order valence-electron chi connectivity index (χ3n) is 3.71. The standard InChI is InChI=1S/C19H26N4O/c1-4-20-19(22-10-8-17-7-5-6-9-21-17)23-13-16-11-14(2)18(24)15(3)12-16/h5-7,9,11-12,24H,4,8,10,13H2,1-3H3,(H2,20,22,23). The number of hydrogen-bond acceptors (Lipinski definition) is 3. The zero-order chi connectivity index (χ0) is 17.4. The number of pyridine rings is 1. The van der Waals surface area contributed by atoms with E-state index in [0.717, 1.165) is 47.9 Å².